The minimum atomic E-state index is -0.820. The zero-order chi connectivity index (χ0) is 14.0. The van der Waals surface area contributed by atoms with Gasteiger partial charge in [0.15, 0.2) is 5.13 Å². The fraction of sp³-hybridized carbons (Fsp3) is 0.286. The first-order chi connectivity index (χ1) is 8.97. The Morgan fingerprint density at radius 1 is 1.42 bits per heavy atom. The lowest BCUT2D eigenvalue weighted by Crippen LogP contribution is -2.08. The number of nitrogens with one attached hydrogen (secondary N) is 1. The van der Waals surface area contributed by atoms with Gasteiger partial charge in [-0.1, -0.05) is 12.1 Å². The van der Waals surface area contributed by atoms with Crippen LogP contribution in [0.2, 0.25) is 0 Å². The second-order valence-electron chi connectivity index (χ2n) is 4.55. The first kappa shape index (κ1) is 13.5. The fourth-order valence-corrected chi connectivity index (χ4v) is 2.41. The van der Waals surface area contributed by atoms with Crippen LogP contribution >= 0.6 is 11.3 Å². The van der Waals surface area contributed by atoms with Crippen LogP contribution in [0.4, 0.5) is 10.8 Å². The molecule has 0 radical (unpaired) electrons. The van der Waals surface area contributed by atoms with Gasteiger partial charge >= 0.3 is 5.97 Å². The Morgan fingerprint density at radius 2 is 2.16 bits per heavy atom. The lowest BCUT2D eigenvalue weighted by Gasteiger charge is -2.12. The summed E-state index contributed by atoms with van der Waals surface area (Å²) in [5, 5.41) is 15.1. The van der Waals surface area contributed by atoms with Gasteiger partial charge in [0.05, 0.1) is 11.6 Å². The second kappa shape index (κ2) is 5.40. The van der Waals surface area contributed by atoms with Gasteiger partial charge in [0.25, 0.3) is 0 Å². The molecular formula is C14H16N2O2S. The average Bonchev–Trinajstić information content (AvgIpc) is 2.76. The molecule has 100 valence electrons. The Bertz CT molecular complexity index is 607. The summed E-state index contributed by atoms with van der Waals surface area (Å²) in [6, 6.07) is 5.66. The van der Waals surface area contributed by atoms with E-state index in [0.717, 1.165) is 27.6 Å². The van der Waals surface area contributed by atoms with Crippen LogP contribution in [0, 0.1) is 13.8 Å². The molecule has 2 rings (SSSR count). The summed E-state index contributed by atoms with van der Waals surface area (Å²) in [5.41, 5.74) is 3.73. The Balaban J connectivity index is 2.29. The lowest BCUT2D eigenvalue weighted by atomic mass is 9.99. The number of anilines is 2. The van der Waals surface area contributed by atoms with Crippen LogP contribution in [0.5, 0.6) is 0 Å². The molecule has 1 heterocycles. The van der Waals surface area contributed by atoms with Crippen molar-refractivity contribution in [3.8, 4) is 0 Å². The van der Waals surface area contributed by atoms with Crippen molar-refractivity contribution in [2.24, 2.45) is 0 Å². The number of aliphatic carboxylic acids is 1. The first-order valence-electron chi connectivity index (χ1n) is 6.00. The highest BCUT2D eigenvalue weighted by Gasteiger charge is 2.15. The van der Waals surface area contributed by atoms with E-state index in [1.165, 1.54) is 11.3 Å². The maximum Gasteiger partial charge on any atom is 0.310 e. The fourth-order valence-electron chi connectivity index (χ4n) is 1.71. The molecular weight excluding hydrogens is 260 g/mol. The van der Waals surface area contributed by atoms with E-state index in [9.17, 15) is 4.79 Å². The molecule has 0 aliphatic carbocycles. The molecule has 0 spiro atoms. The summed E-state index contributed by atoms with van der Waals surface area (Å²) in [6.07, 6.45) is 0. The molecule has 5 heteroatoms. The number of carbonyl (C=O) groups is 1. The van der Waals surface area contributed by atoms with Gasteiger partial charge in [0, 0.05) is 11.1 Å². The van der Waals surface area contributed by atoms with Gasteiger partial charge < -0.3 is 10.4 Å². The molecule has 2 aromatic rings. The summed E-state index contributed by atoms with van der Waals surface area (Å²) in [6.45, 7) is 5.61. The molecule has 0 bridgehead atoms. The standard InChI is InChI=1S/C14H16N2O2S/c1-8-4-5-11(10(3)13(17)18)6-12(8)16-14-15-9(2)7-19-14/h4-7,10H,1-3H3,(H,15,16)(H,17,18). The monoisotopic (exact) mass is 276 g/mol. The number of aromatic nitrogens is 1. The number of benzene rings is 1. The summed E-state index contributed by atoms with van der Waals surface area (Å²) in [5.74, 6) is -1.33. The SMILES string of the molecule is Cc1csc(Nc2cc(C(C)C(=O)O)ccc2C)n1. The van der Waals surface area contributed by atoms with Gasteiger partial charge in [0.2, 0.25) is 0 Å². The topological polar surface area (TPSA) is 62.2 Å². The molecule has 2 N–H and O–H groups in total. The smallest absolute Gasteiger partial charge is 0.310 e. The minimum absolute atomic E-state index is 0.515. The van der Waals surface area contributed by atoms with Crippen LogP contribution in [0.25, 0.3) is 0 Å². The molecule has 1 unspecified atom stereocenters. The minimum Gasteiger partial charge on any atom is -0.481 e. The van der Waals surface area contributed by atoms with Crippen LogP contribution in [-0.2, 0) is 4.79 Å². The van der Waals surface area contributed by atoms with Gasteiger partial charge in [-0.05, 0) is 38.0 Å². The molecule has 0 aliphatic rings. The van der Waals surface area contributed by atoms with E-state index in [4.69, 9.17) is 5.11 Å². The van der Waals surface area contributed by atoms with E-state index < -0.39 is 11.9 Å². The van der Waals surface area contributed by atoms with Gasteiger partial charge in [-0.2, -0.15) is 0 Å². The van der Waals surface area contributed by atoms with Crippen molar-refractivity contribution in [1.82, 2.24) is 4.98 Å². The van der Waals surface area contributed by atoms with E-state index in [-0.39, 0.29) is 0 Å². The summed E-state index contributed by atoms with van der Waals surface area (Å²) >= 11 is 1.54. The summed E-state index contributed by atoms with van der Waals surface area (Å²) in [4.78, 5) is 15.4. The van der Waals surface area contributed by atoms with Crippen molar-refractivity contribution in [1.29, 1.82) is 0 Å². The van der Waals surface area contributed by atoms with Crippen LogP contribution in [0.15, 0.2) is 23.6 Å². The van der Waals surface area contributed by atoms with Crippen LogP contribution in [-0.4, -0.2) is 16.1 Å². The normalized spacial score (nSPS) is 12.2. The predicted octanol–water partition coefficient (Wildman–Crippen LogP) is 3.69. The number of rotatable bonds is 4. The molecule has 0 amide bonds. The van der Waals surface area contributed by atoms with Gasteiger partial charge in [-0.25, -0.2) is 4.98 Å². The number of aryl methyl sites for hydroxylation is 2. The molecule has 0 fully saturated rings. The van der Waals surface area contributed by atoms with Crippen molar-refractivity contribution < 1.29 is 9.90 Å². The van der Waals surface area contributed by atoms with Crippen molar-refractivity contribution in [3.05, 3.63) is 40.4 Å². The Kier molecular flexibility index (Phi) is 3.85. The number of carboxylic acids is 1. The second-order valence-corrected chi connectivity index (χ2v) is 5.41. The Morgan fingerprint density at radius 3 is 2.74 bits per heavy atom. The van der Waals surface area contributed by atoms with Crippen LogP contribution < -0.4 is 5.32 Å². The molecule has 0 aliphatic heterocycles. The van der Waals surface area contributed by atoms with Crippen LogP contribution in [0.3, 0.4) is 0 Å². The number of hydrogen-bond acceptors (Lipinski definition) is 4. The first-order valence-corrected chi connectivity index (χ1v) is 6.88. The van der Waals surface area contributed by atoms with E-state index in [1.807, 2.05) is 37.4 Å². The van der Waals surface area contributed by atoms with Crippen molar-refractivity contribution in [3.63, 3.8) is 0 Å². The zero-order valence-corrected chi connectivity index (χ0v) is 11.9. The highest BCUT2D eigenvalue weighted by atomic mass is 32.1. The van der Waals surface area contributed by atoms with Crippen molar-refractivity contribution in [2.45, 2.75) is 26.7 Å². The summed E-state index contributed by atoms with van der Waals surface area (Å²) in [7, 11) is 0. The van der Waals surface area contributed by atoms with Crippen molar-refractivity contribution >= 4 is 28.1 Å². The van der Waals surface area contributed by atoms with E-state index in [2.05, 4.69) is 10.3 Å². The molecule has 19 heavy (non-hydrogen) atoms. The third-order valence-electron chi connectivity index (χ3n) is 2.99. The Labute approximate surface area is 116 Å². The van der Waals surface area contributed by atoms with Gasteiger partial charge in [0.1, 0.15) is 0 Å². The quantitative estimate of drug-likeness (QED) is 0.894. The molecule has 1 aromatic heterocycles. The Hall–Kier alpha value is -1.88. The van der Waals surface area contributed by atoms with E-state index in [1.54, 1.807) is 6.92 Å². The summed E-state index contributed by atoms with van der Waals surface area (Å²) < 4.78 is 0. The van der Waals surface area contributed by atoms with E-state index >= 15 is 0 Å². The van der Waals surface area contributed by atoms with Gasteiger partial charge in [-0.15, -0.1) is 11.3 Å². The van der Waals surface area contributed by atoms with E-state index in [0.29, 0.717) is 0 Å². The third kappa shape index (κ3) is 3.12. The predicted molar refractivity (Wildman–Crippen MR) is 77.4 cm³/mol. The molecule has 0 saturated heterocycles. The number of hydrogen-bond donors (Lipinski definition) is 2. The zero-order valence-electron chi connectivity index (χ0n) is 11.1. The maximum atomic E-state index is 11.0. The molecule has 4 nitrogen and oxygen atoms in total. The van der Waals surface area contributed by atoms with Crippen molar-refractivity contribution in [2.75, 3.05) is 5.32 Å². The average molecular weight is 276 g/mol. The lowest BCUT2D eigenvalue weighted by molar-refractivity contribution is -0.138. The largest absolute Gasteiger partial charge is 0.481 e. The number of nitrogens with zero attached hydrogens (tertiary/aromatic N) is 1. The highest BCUT2D eigenvalue weighted by Crippen LogP contribution is 2.27. The third-order valence-corrected chi connectivity index (χ3v) is 3.87. The molecule has 1 aromatic carbocycles. The number of carboxylic acid groups (broad SMARTS) is 1. The van der Waals surface area contributed by atoms with Gasteiger partial charge in [-0.3, -0.25) is 4.79 Å². The number of thiazole rings is 1. The molecule has 0 saturated carbocycles. The highest BCUT2D eigenvalue weighted by molar-refractivity contribution is 7.13. The molecule has 1 atom stereocenters. The van der Waals surface area contributed by atoms with Crippen LogP contribution in [0.1, 0.15) is 29.7 Å². The maximum absolute atomic E-state index is 11.0.